The molecule has 17 heavy (non-hydrogen) atoms. The smallest absolute Gasteiger partial charge is 0.279 e. The Morgan fingerprint density at radius 3 is 2.41 bits per heavy atom. The van der Waals surface area contributed by atoms with Crippen molar-refractivity contribution >= 4 is 22.6 Å². The normalized spacial score (nSPS) is 11.5. The van der Waals surface area contributed by atoms with Crippen LogP contribution in [0.25, 0.3) is 0 Å². The quantitative estimate of drug-likeness (QED) is 0.548. The fraction of sp³-hybridized carbons (Fsp3) is 1.00. The maximum atomic E-state index is 11.6. The summed E-state index contributed by atoms with van der Waals surface area (Å²) in [5.41, 5.74) is 0. The molecule has 0 bridgehead atoms. The molecule has 0 fully saturated rings. The minimum Gasteiger partial charge on any atom is -0.383 e. The molecule has 0 aliphatic heterocycles. The molecule has 0 rings (SSSR count). The Bertz CT molecular complexity index is 262. The largest absolute Gasteiger partial charge is 0.383 e. The highest BCUT2D eigenvalue weighted by Crippen LogP contribution is 1.93. The topological polar surface area (TPSA) is 70.7 Å². The van der Waals surface area contributed by atoms with Crippen LogP contribution in [0.1, 0.15) is 13.3 Å². The van der Waals surface area contributed by atoms with Crippen molar-refractivity contribution in [2.45, 2.75) is 13.3 Å². The maximum Gasteiger partial charge on any atom is 0.279 e. The Balaban J connectivity index is 0. The Morgan fingerprint density at radius 1 is 1.24 bits per heavy atom. The third-order valence-corrected chi connectivity index (χ3v) is 3.59. The first-order valence-electron chi connectivity index (χ1n) is 5.45. The molecular formula is C9H24ClN3O3S. The van der Waals surface area contributed by atoms with Crippen molar-refractivity contribution in [3.8, 4) is 0 Å². The number of hydrogen-bond donors (Lipinski definition) is 2. The zero-order valence-electron chi connectivity index (χ0n) is 10.7. The van der Waals surface area contributed by atoms with Crippen LogP contribution >= 0.6 is 12.4 Å². The molecule has 6 nitrogen and oxygen atoms in total. The molecule has 0 amide bonds. The Labute approximate surface area is 111 Å². The first-order chi connectivity index (χ1) is 7.54. The predicted octanol–water partition coefficient (Wildman–Crippen LogP) is -0.180. The van der Waals surface area contributed by atoms with Gasteiger partial charge in [0.05, 0.1) is 6.61 Å². The van der Waals surface area contributed by atoms with E-state index in [2.05, 4.69) is 10.0 Å². The molecule has 0 aromatic carbocycles. The van der Waals surface area contributed by atoms with E-state index in [1.54, 1.807) is 14.2 Å². The lowest BCUT2D eigenvalue weighted by atomic mass is 10.5. The van der Waals surface area contributed by atoms with Crippen LogP contribution in [0, 0.1) is 0 Å². The summed E-state index contributed by atoms with van der Waals surface area (Å²) in [6, 6.07) is 0. The van der Waals surface area contributed by atoms with E-state index < -0.39 is 10.2 Å². The summed E-state index contributed by atoms with van der Waals surface area (Å²) in [5.74, 6) is 0. The number of ether oxygens (including phenoxy) is 1. The van der Waals surface area contributed by atoms with E-state index in [1.165, 1.54) is 4.31 Å². The van der Waals surface area contributed by atoms with Crippen LogP contribution < -0.4 is 10.0 Å². The summed E-state index contributed by atoms with van der Waals surface area (Å²) in [6.07, 6.45) is 0.809. The Hall–Kier alpha value is 0.0800. The molecule has 0 radical (unpaired) electrons. The average Bonchev–Trinajstić information content (AvgIpc) is 2.23. The molecule has 0 heterocycles. The van der Waals surface area contributed by atoms with Gasteiger partial charge in [-0.05, 0) is 6.42 Å². The van der Waals surface area contributed by atoms with E-state index in [0.29, 0.717) is 26.2 Å². The number of hydrogen-bond acceptors (Lipinski definition) is 4. The van der Waals surface area contributed by atoms with Crippen molar-refractivity contribution in [3.05, 3.63) is 0 Å². The summed E-state index contributed by atoms with van der Waals surface area (Å²) < 4.78 is 31.8. The van der Waals surface area contributed by atoms with Crippen molar-refractivity contribution in [3.63, 3.8) is 0 Å². The maximum absolute atomic E-state index is 11.6. The van der Waals surface area contributed by atoms with Gasteiger partial charge < -0.3 is 10.1 Å². The Kier molecular flexibility index (Phi) is 12.8. The third-order valence-electron chi connectivity index (χ3n) is 2.02. The van der Waals surface area contributed by atoms with Crippen molar-refractivity contribution in [1.82, 2.24) is 14.3 Å². The van der Waals surface area contributed by atoms with Crippen LogP contribution in [-0.2, 0) is 14.9 Å². The minimum absolute atomic E-state index is 0. The van der Waals surface area contributed by atoms with Crippen molar-refractivity contribution in [2.24, 2.45) is 0 Å². The third kappa shape index (κ3) is 9.75. The number of nitrogens with zero attached hydrogens (tertiary/aromatic N) is 1. The van der Waals surface area contributed by atoms with Crippen molar-refractivity contribution in [1.29, 1.82) is 0 Å². The van der Waals surface area contributed by atoms with Gasteiger partial charge in [0.2, 0.25) is 0 Å². The van der Waals surface area contributed by atoms with Gasteiger partial charge in [-0.2, -0.15) is 12.7 Å². The molecule has 0 saturated heterocycles. The van der Waals surface area contributed by atoms with Crippen LogP contribution in [0.15, 0.2) is 0 Å². The molecule has 8 heteroatoms. The summed E-state index contributed by atoms with van der Waals surface area (Å²) in [7, 11) is -0.100. The van der Waals surface area contributed by atoms with Crippen LogP contribution in [0.5, 0.6) is 0 Å². The lowest BCUT2D eigenvalue weighted by molar-refractivity contribution is 0.199. The molecule has 2 N–H and O–H groups in total. The second-order valence-corrected chi connectivity index (χ2v) is 5.33. The molecular weight excluding hydrogens is 266 g/mol. The van der Waals surface area contributed by atoms with E-state index in [-0.39, 0.29) is 12.4 Å². The second-order valence-electron chi connectivity index (χ2n) is 3.46. The zero-order valence-corrected chi connectivity index (χ0v) is 12.4. The minimum atomic E-state index is -3.30. The fourth-order valence-corrected chi connectivity index (χ4v) is 2.12. The molecule has 0 aliphatic rings. The van der Waals surface area contributed by atoms with Crippen LogP contribution in [0.2, 0.25) is 0 Å². The van der Waals surface area contributed by atoms with Gasteiger partial charge in [-0.3, -0.25) is 0 Å². The highest BCUT2D eigenvalue weighted by Gasteiger charge is 2.14. The monoisotopic (exact) mass is 289 g/mol. The highest BCUT2D eigenvalue weighted by atomic mass is 35.5. The van der Waals surface area contributed by atoms with Crippen LogP contribution in [0.4, 0.5) is 0 Å². The van der Waals surface area contributed by atoms with Gasteiger partial charge >= 0.3 is 0 Å². The average molecular weight is 290 g/mol. The first-order valence-corrected chi connectivity index (χ1v) is 6.89. The van der Waals surface area contributed by atoms with Crippen LogP contribution in [0.3, 0.4) is 0 Å². The van der Waals surface area contributed by atoms with Crippen molar-refractivity contribution < 1.29 is 13.2 Å². The molecule has 0 spiro atoms. The van der Waals surface area contributed by atoms with Gasteiger partial charge in [0.15, 0.2) is 0 Å². The van der Waals surface area contributed by atoms with Gasteiger partial charge in [-0.1, -0.05) is 6.92 Å². The van der Waals surface area contributed by atoms with E-state index in [9.17, 15) is 8.42 Å². The molecule has 0 unspecified atom stereocenters. The van der Waals surface area contributed by atoms with Crippen LogP contribution in [-0.4, -0.2) is 59.7 Å². The first kappa shape index (κ1) is 19.4. The SMILES string of the molecule is CCCN(C)S(=O)(=O)NCCNCCOC.Cl. The number of halogens is 1. The lowest BCUT2D eigenvalue weighted by Gasteiger charge is -2.16. The summed E-state index contributed by atoms with van der Waals surface area (Å²) in [5, 5.41) is 3.06. The fourth-order valence-electron chi connectivity index (χ4n) is 1.11. The second kappa shape index (κ2) is 11.2. The highest BCUT2D eigenvalue weighted by molar-refractivity contribution is 7.87. The lowest BCUT2D eigenvalue weighted by Crippen LogP contribution is -2.41. The molecule has 0 aliphatic carbocycles. The summed E-state index contributed by atoms with van der Waals surface area (Å²) >= 11 is 0. The molecule has 0 aromatic rings. The number of rotatable bonds is 10. The Morgan fingerprint density at radius 2 is 1.88 bits per heavy atom. The zero-order chi connectivity index (χ0) is 12.4. The van der Waals surface area contributed by atoms with E-state index in [1.807, 2.05) is 6.92 Å². The summed E-state index contributed by atoms with van der Waals surface area (Å²) in [6.45, 7) is 4.82. The standard InChI is InChI=1S/C9H23N3O3S.ClH/c1-4-8-12(2)16(13,14)11-6-5-10-7-9-15-3;/h10-11H,4-9H2,1-3H3;1H. The number of methoxy groups -OCH3 is 1. The molecule has 0 saturated carbocycles. The predicted molar refractivity (Wildman–Crippen MR) is 71.8 cm³/mol. The summed E-state index contributed by atoms with van der Waals surface area (Å²) in [4.78, 5) is 0. The van der Waals surface area contributed by atoms with Gasteiger partial charge in [-0.25, -0.2) is 4.72 Å². The molecule has 0 aromatic heterocycles. The van der Waals surface area contributed by atoms with Gasteiger partial charge in [0.25, 0.3) is 10.2 Å². The van der Waals surface area contributed by atoms with Gasteiger partial charge in [-0.15, -0.1) is 12.4 Å². The molecule has 106 valence electrons. The van der Waals surface area contributed by atoms with E-state index in [4.69, 9.17) is 4.74 Å². The van der Waals surface area contributed by atoms with Gasteiger partial charge in [0, 0.05) is 40.3 Å². The molecule has 0 atom stereocenters. The van der Waals surface area contributed by atoms with E-state index >= 15 is 0 Å². The van der Waals surface area contributed by atoms with Gasteiger partial charge in [0.1, 0.15) is 0 Å². The van der Waals surface area contributed by atoms with E-state index in [0.717, 1.165) is 13.0 Å². The van der Waals surface area contributed by atoms with Crippen molar-refractivity contribution in [2.75, 3.05) is 46.9 Å². The number of nitrogens with one attached hydrogen (secondary N) is 2.